The maximum Gasteiger partial charge on any atom is 0.267 e. The van der Waals surface area contributed by atoms with Crippen molar-refractivity contribution in [1.29, 1.82) is 0 Å². The number of nitrogens with zero attached hydrogens (tertiary/aromatic N) is 1. The second-order valence-electron chi connectivity index (χ2n) is 6.47. The van der Waals surface area contributed by atoms with Crippen LogP contribution in [0.5, 0.6) is 0 Å². The number of hydrogen-bond donors (Lipinski definition) is 2. The monoisotopic (exact) mass is 381 g/mol. The lowest BCUT2D eigenvalue weighted by atomic mass is 10.1. The third kappa shape index (κ3) is 6.55. The predicted molar refractivity (Wildman–Crippen MR) is 112 cm³/mol. The Labute approximate surface area is 166 Å². The highest BCUT2D eigenvalue weighted by Gasteiger charge is 2.14. The highest BCUT2D eigenvalue weighted by molar-refractivity contribution is 6.05. The summed E-state index contributed by atoms with van der Waals surface area (Å²) in [6.45, 7) is 1.02. The fourth-order valence-corrected chi connectivity index (χ4v) is 2.49. The molecule has 0 spiro atoms. The molecule has 2 aromatic carbocycles. The first-order valence-electron chi connectivity index (χ1n) is 9.14. The van der Waals surface area contributed by atoms with Crippen molar-refractivity contribution in [1.82, 2.24) is 10.6 Å². The quantitative estimate of drug-likeness (QED) is 0.518. The molecule has 2 aromatic rings. The maximum absolute atomic E-state index is 12.6. The summed E-state index contributed by atoms with van der Waals surface area (Å²) < 4.78 is 4.99. The van der Waals surface area contributed by atoms with Crippen molar-refractivity contribution in [3.63, 3.8) is 0 Å². The van der Waals surface area contributed by atoms with Crippen LogP contribution in [-0.4, -0.2) is 46.2 Å². The number of benzene rings is 2. The molecule has 0 saturated carbocycles. The molecule has 0 aromatic heterocycles. The summed E-state index contributed by atoms with van der Waals surface area (Å²) >= 11 is 0. The van der Waals surface area contributed by atoms with Gasteiger partial charge >= 0.3 is 0 Å². The Morgan fingerprint density at radius 2 is 1.71 bits per heavy atom. The summed E-state index contributed by atoms with van der Waals surface area (Å²) in [5, 5.41) is 5.54. The van der Waals surface area contributed by atoms with E-state index in [0.717, 1.165) is 11.3 Å². The molecule has 0 aliphatic carbocycles. The van der Waals surface area contributed by atoms with Gasteiger partial charge in [-0.05, 0) is 42.3 Å². The van der Waals surface area contributed by atoms with Gasteiger partial charge in [0.2, 0.25) is 0 Å². The minimum absolute atomic E-state index is 0.198. The molecule has 0 bridgehead atoms. The van der Waals surface area contributed by atoms with Crippen LogP contribution in [0.2, 0.25) is 0 Å². The van der Waals surface area contributed by atoms with E-state index >= 15 is 0 Å². The Kier molecular flexibility index (Phi) is 8.24. The van der Waals surface area contributed by atoms with Crippen LogP contribution in [0.1, 0.15) is 22.3 Å². The molecule has 0 saturated heterocycles. The van der Waals surface area contributed by atoms with Gasteiger partial charge in [0.1, 0.15) is 5.70 Å². The summed E-state index contributed by atoms with van der Waals surface area (Å²) in [5.41, 5.74) is 2.56. The molecule has 148 valence electrons. The second-order valence-corrected chi connectivity index (χ2v) is 6.47. The molecular weight excluding hydrogens is 354 g/mol. The number of anilines is 1. The number of carbonyl (C=O) groups excluding carboxylic acids is 2. The van der Waals surface area contributed by atoms with Gasteiger partial charge in [-0.3, -0.25) is 9.59 Å². The molecule has 0 heterocycles. The fourth-order valence-electron chi connectivity index (χ4n) is 2.49. The summed E-state index contributed by atoms with van der Waals surface area (Å²) in [6, 6.07) is 16.5. The largest absolute Gasteiger partial charge is 0.385 e. The maximum atomic E-state index is 12.6. The van der Waals surface area contributed by atoms with Crippen LogP contribution >= 0.6 is 0 Å². The van der Waals surface area contributed by atoms with Gasteiger partial charge in [-0.2, -0.15) is 0 Å². The van der Waals surface area contributed by atoms with Gasteiger partial charge in [0.15, 0.2) is 0 Å². The number of ether oxygens (including phenoxy) is 1. The average Bonchev–Trinajstić information content (AvgIpc) is 2.71. The zero-order valence-electron chi connectivity index (χ0n) is 16.6. The Balaban J connectivity index is 2.19. The highest BCUT2D eigenvalue weighted by Crippen LogP contribution is 2.14. The number of nitrogens with one attached hydrogen (secondary N) is 2. The van der Waals surface area contributed by atoms with Crippen molar-refractivity contribution in [2.45, 2.75) is 6.42 Å². The molecule has 0 radical (unpaired) electrons. The van der Waals surface area contributed by atoms with Crippen LogP contribution in [0, 0.1) is 0 Å². The topological polar surface area (TPSA) is 70.7 Å². The van der Waals surface area contributed by atoms with Gasteiger partial charge in [-0.25, -0.2) is 0 Å². The molecule has 0 unspecified atom stereocenters. The van der Waals surface area contributed by atoms with Crippen molar-refractivity contribution in [3.05, 3.63) is 71.4 Å². The molecule has 0 fully saturated rings. The number of carbonyl (C=O) groups is 2. The predicted octanol–water partition coefficient (Wildman–Crippen LogP) is 2.68. The Morgan fingerprint density at radius 3 is 2.32 bits per heavy atom. The van der Waals surface area contributed by atoms with Crippen LogP contribution in [-0.2, 0) is 9.53 Å². The number of methoxy groups -OCH3 is 1. The van der Waals surface area contributed by atoms with Gasteiger partial charge in [0, 0.05) is 45.6 Å². The molecule has 2 rings (SSSR count). The van der Waals surface area contributed by atoms with E-state index in [1.54, 1.807) is 37.5 Å². The van der Waals surface area contributed by atoms with Crippen molar-refractivity contribution in [2.75, 3.05) is 39.3 Å². The second kappa shape index (κ2) is 10.9. The highest BCUT2D eigenvalue weighted by atomic mass is 16.5. The number of rotatable bonds is 9. The zero-order chi connectivity index (χ0) is 20.4. The molecule has 0 aliphatic rings. The Morgan fingerprint density at radius 1 is 1.04 bits per heavy atom. The first-order valence-corrected chi connectivity index (χ1v) is 9.14. The van der Waals surface area contributed by atoms with Gasteiger partial charge < -0.3 is 20.3 Å². The van der Waals surface area contributed by atoms with Gasteiger partial charge in [0.25, 0.3) is 11.8 Å². The smallest absolute Gasteiger partial charge is 0.267 e. The van der Waals surface area contributed by atoms with Crippen LogP contribution in [0.25, 0.3) is 6.08 Å². The van der Waals surface area contributed by atoms with Crippen molar-refractivity contribution >= 4 is 23.6 Å². The van der Waals surface area contributed by atoms with Crippen molar-refractivity contribution in [2.24, 2.45) is 0 Å². The molecule has 6 nitrogen and oxygen atoms in total. The SMILES string of the molecule is COCCCNC(=O)/C(=C/c1ccc(N(C)C)cc1)NC(=O)c1ccccc1. The molecule has 0 atom stereocenters. The van der Waals surface area contributed by atoms with E-state index < -0.39 is 0 Å². The average molecular weight is 381 g/mol. The summed E-state index contributed by atoms with van der Waals surface area (Å²) in [7, 11) is 5.54. The van der Waals surface area contributed by atoms with Gasteiger partial charge in [-0.1, -0.05) is 30.3 Å². The molecule has 6 heteroatoms. The van der Waals surface area contributed by atoms with Crippen LogP contribution in [0.4, 0.5) is 5.69 Å². The van der Waals surface area contributed by atoms with E-state index in [1.807, 2.05) is 49.3 Å². The Hall–Kier alpha value is -3.12. The summed E-state index contributed by atoms with van der Waals surface area (Å²) in [4.78, 5) is 27.1. The fraction of sp³-hybridized carbons (Fsp3) is 0.273. The van der Waals surface area contributed by atoms with Gasteiger partial charge in [0.05, 0.1) is 0 Å². The minimum Gasteiger partial charge on any atom is -0.385 e. The Bertz CT molecular complexity index is 800. The molecule has 2 amide bonds. The van der Waals surface area contributed by atoms with Gasteiger partial charge in [-0.15, -0.1) is 0 Å². The van der Waals surface area contributed by atoms with Crippen LogP contribution in [0.15, 0.2) is 60.3 Å². The lowest BCUT2D eigenvalue weighted by Gasteiger charge is -2.13. The summed E-state index contributed by atoms with van der Waals surface area (Å²) in [6.07, 6.45) is 2.37. The van der Waals surface area contributed by atoms with E-state index in [9.17, 15) is 9.59 Å². The van der Waals surface area contributed by atoms with E-state index in [0.29, 0.717) is 25.1 Å². The number of amides is 2. The third-order valence-corrected chi connectivity index (χ3v) is 4.06. The van der Waals surface area contributed by atoms with Crippen molar-refractivity contribution in [3.8, 4) is 0 Å². The van der Waals surface area contributed by atoms with E-state index in [2.05, 4.69) is 10.6 Å². The lowest BCUT2D eigenvalue weighted by molar-refractivity contribution is -0.117. The van der Waals surface area contributed by atoms with Crippen molar-refractivity contribution < 1.29 is 14.3 Å². The van der Waals surface area contributed by atoms with Crippen LogP contribution < -0.4 is 15.5 Å². The van der Waals surface area contributed by atoms with Crippen LogP contribution in [0.3, 0.4) is 0 Å². The minimum atomic E-state index is -0.336. The molecule has 28 heavy (non-hydrogen) atoms. The standard InChI is InChI=1S/C22H27N3O3/c1-25(2)19-12-10-17(11-13-19)16-20(22(27)23-14-7-15-28-3)24-21(26)18-8-5-4-6-9-18/h4-6,8-13,16H,7,14-15H2,1-3H3,(H,23,27)(H,24,26)/b20-16-. The molecular formula is C22H27N3O3. The normalized spacial score (nSPS) is 11.0. The third-order valence-electron chi connectivity index (χ3n) is 4.06. The lowest BCUT2D eigenvalue weighted by Crippen LogP contribution is -2.35. The zero-order valence-corrected chi connectivity index (χ0v) is 16.6. The molecule has 2 N–H and O–H groups in total. The molecule has 0 aliphatic heterocycles. The summed E-state index contributed by atoms with van der Waals surface area (Å²) in [5.74, 6) is -0.666. The van der Waals surface area contributed by atoms with E-state index in [4.69, 9.17) is 4.74 Å². The number of hydrogen-bond acceptors (Lipinski definition) is 4. The first-order chi connectivity index (χ1) is 13.5. The van der Waals surface area contributed by atoms with E-state index in [1.165, 1.54) is 0 Å². The van der Waals surface area contributed by atoms with E-state index in [-0.39, 0.29) is 17.5 Å². The first kappa shape index (κ1) is 21.2.